The summed E-state index contributed by atoms with van der Waals surface area (Å²) in [5.41, 5.74) is 8.01. The van der Waals surface area contributed by atoms with Crippen molar-refractivity contribution in [3.8, 4) is 5.75 Å². The molecule has 5 nitrogen and oxygen atoms in total. The normalized spacial score (nSPS) is 15.8. The minimum Gasteiger partial charge on any atom is -0.492 e. The smallest absolute Gasteiger partial charge is 0.248 e. The predicted octanol–water partition coefficient (Wildman–Crippen LogP) is 2.21. The van der Waals surface area contributed by atoms with E-state index >= 15 is 0 Å². The molecule has 1 aliphatic rings. The van der Waals surface area contributed by atoms with Crippen LogP contribution in [0, 0.1) is 6.92 Å². The number of rotatable bonds is 3. The second-order valence-corrected chi connectivity index (χ2v) is 5.28. The Morgan fingerprint density at radius 2 is 2.00 bits per heavy atom. The van der Waals surface area contributed by atoms with Gasteiger partial charge in [0.1, 0.15) is 18.3 Å². The highest BCUT2D eigenvalue weighted by molar-refractivity contribution is 5.98. The van der Waals surface area contributed by atoms with Crippen molar-refractivity contribution in [3.63, 3.8) is 0 Å². The second kappa shape index (κ2) is 5.52. The molecule has 112 valence electrons. The molecule has 1 aliphatic heterocycles. The number of anilines is 1. The topological polar surface area (TPSA) is 81.4 Å². The van der Waals surface area contributed by atoms with Crippen LogP contribution < -0.4 is 15.8 Å². The molecule has 0 bridgehead atoms. The summed E-state index contributed by atoms with van der Waals surface area (Å²) in [5, 5.41) is 2.89. The van der Waals surface area contributed by atoms with Crippen molar-refractivity contribution < 1.29 is 14.3 Å². The summed E-state index contributed by atoms with van der Waals surface area (Å²) in [6.45, 7) is 2.16. The number of para-hydroxylation sites is 1. The maximum Gasteiger partial charge on any atom is 0.248 e. The van der Waals surface area contributed by atoms with Crippen LogP contribution in [0.4, 0.5) is 5.69 Å². The van der Waals surface area contributed by atoms with E-state index in [0.29, 0.717) is 17.9 Å². The number of nitrogens with two attached hydrogens (primary N) is 1. The first-order chi connectivity index (χ1) is 10.6. The Hall–Kier alpha value is -2.82. The Labute approximate surface area is 128 Å². The summed E-state index contributed by atoms with van der Waals surface area (Å²) in [7, 11) is 0. The lowest BCUT2D eigenvalue weighted by Gasteiger charge is -2.13. The molecule has 2 aromatic carbocycles. The van der Waals surface area contributed by atoms with Gasteiger partial charge in [-0.3, -0.25) is 9.59 Å². The summed E-state index contributed by atoms with van der Waals surface area (Å²) < 4.78 is 5.53. The Morgan fingerprint density at radius 1 is 1.23 bits per heavy atom. The van der Waals surface area contributed by atoms with E-state index in [4.69, 9.17) is 10.5 Å². The quantitative estimate of drug-likeness (QED) is 0.911. The third-order valence-corrected chi connectivity index (χ3v) is 3.79. The van der Waals surface area contributed by atoms with Crippen molar-refractivity contribution >= 4 is 17.5 Å². The van der Waals surface area contributed by atoms with Gasteiger partial charge in [-0.25, -0.2) is 0 Å². The number of ether oxygens (including phenoxy) is 1. The van der Waals surface area contributed by atoms with Crippen molar-refractivity contribution in [1.82, 2.24) is 0 Å². The summed E-state index contributed by atoms with van der Waals surface area (Å²) in [4.78, 5) is 23.6. The fourth-order valence-electron chi connectivity index (χ4n) is 2.56. The van der Waals surface area contributed by atoms with Crippen LogP contribution in [0.5, 0.6) is 5.75 Å². The largest absolute Gasteiger partial charge is 0.492 e. The van der Waals surface area contributed by atoms with E-state index in [9.17, 15) is 9.59 Å². The molecule has 0 radical (unpaired) electrons. The number of hydrogen-bond donors (Lipinski definition) is 2. The first kappa shape index (κ1) is 14.1. The van der Waals surface area contributed by atoms with Crippen molar-refractivity contribution in [3.05, 3.63) is 59.2 Å². The van der Waals surface area contributed by atoms with Gasteiger partial charge in [0.15, 0.2) is 0 Å². The second-order valence-electron chi connectivity index (χ2n) is 5.28. The van der Waals surface area contributed by atoms with E-state index in [2.05, 4.69) is 5.32 Å². The third-order valence-electron chi connectivity index (χ3n) is 3.79. The fraction of sp³-hybridized carbons (Fsp3) is 0.176. The Kier molecular flexibility index (Phi) is 3.55. The lowest BCUT2D eigenvalue weighted by molar-refractivity contribution is -0.117. The van der Waals surface area contributed by atoms with Crippen LogP contribution in [0.15, 0.2) is 42.5 Å². The van der Waals surface area contributed by atoms with E-state index in [1.165, 1.54) is 0 Å². The highest BCUT2D eigenvalue weighted by atomic mass is 16.5. The first-order valence-corrected chi connectivity index (χ1v) is 6.99. The van der Waals surface area contributed by atoms with Gasteiger partial charge < -0.3 is 15.8 Å². The molecule has 1 heterocycles. The summed E-state index contributed by atoms with van der Waals surface area (Å²) in [6, 6.07) is 12.5. The van der Waals surface area contributed by atoms with E-state index in [1.807, 2.05) is 31.2 Å². The molecule has 1 atom stereocenters. The lowest BCUT2D eigenvalue weighted by Crippen LogP contribution is -2.22. The summed E-state index contributed by atoms with van der Waals surface area (Å²) >= 11 is 0. The monoisotopic (exact) mass is 296 g/mol. The van der Waals surface area contributed by atoms with Crippen LogP contribution in [0.1, 0.15) is 27.4 Å². The van der Waals surface area contributed by atoms with Crippen molar-refractivity contribution in [2.75, 3.05) is 11.9 Å². The summed E-state index contributed by atoms with van der Waals surface area (Å²) in [6.07, 6.45) is 0. The number of hydrogen-bond acceptors (Lipinski definition) is 3. The molecule has 0 saturated carbocycles. The number of amides is 2. The molecule has 0 aromatic heterocycles. The van der Waals surface area contributed by atoms with Crippen molar-refractivity contribution in [1.29, 1.82) is 0 Å². The first-order valence-electron chi connectivity index (χ1n) is 6.99. The van der Waals surface area contributed by atoms with Crippen LogP contribution in [0.25, 0.3) is 0 Å². The average molecular weight is 296 g/mol. The van der Waals surface area contributed by atoms with Gasteiger partial charge in [0.2, 0.25) is 11.8 Å². The van der Waals surface area contributed by atoms with E-state index < -0.39 is 5.91 Å². The highest BCUT2D eigenvalue weighted by Crippen LogP contribution is 2.34. The Balaban J connectivity index is 1.80. The fourth-order valence-corrected chi connectivity index (χ4v) is 2.56. The Bertz CT molecular complexity index is 755. The number of primary amides is 1. The van der Waals surface area contributed by atoms with Crippen molar-refractivity contribution in [2.45, 2.75) is 12.8 Å². The van der Waals surface area contributed by atoms with E-state index in [0.717, 1.165) is 16.9 Å². The van der Waals surface area contributed by atoms with Crippen molar-refractivity contribution in [2.24, 2.45) is 5.73 Å². The molecule has 2 amide bonds. The zero-order valence-corrected chi connectivity index (χ0v) is 12.1. The molecular formula is C17H16N2O3. The highest BCUT2D eigenvalue weighted by Gasteiger charge is 2.30. The molecule has 3 N–H and O–H groups in total. The van der Waals surface area contributed by atoms with E-state index in [-0.39, 0.29) is 11.8 Å². The zero-order chi connectivity index (χ0) is 15.7. The van der Waals surface area contributed by atoms with Crippen LogP contribution in [0.2, 0.25) is 0 Å². The molecule has 3 rings (SSSR count). The molecule has 0 spiro atoms. The van der Waals surface area contributed by atoms with Gasteiger partial charge in [0, 0.05) is 16.8 Å². The van der Waals surface area contributed by atoms with Gasteiger partial charge in [0.05, 0.1) is 0 Å². The molecule has 2 aromatic rings. The number of carbonyl (C=O) groups excluding carboxylic acids is 2. The molecular weight excluding hydrogens is 280 g/mol. The maximum atomic E-state index is 12.5. The van der Waals surface area contributed by atoms with E-state index in [1.54, 1.807) is 18.2 Å². The Morgan fingerprint density at radius 3 is 2.73 bits per heavy atom. The number of benzene rings is 2. The van der Waals surface area contributed by atoms with Crippen LogP contribution in [-0.4, -0.2) is 18.4 Å². The SMILES string of the molecule is Cc1cc(C(N)=O)ccc1NC(=O)C1COc2ccccc21. The van der Waals surface area contributed by atoms with Gasteiger partial charge >= 0.3 is 0 Å². The third kappa shape index (κ3) is 2.53. The standard InChI is InChI=1S/C17H16N2O3/c1-10-8-11(16(18)20)6-7-14(10)19-17(21)13-9-22-15-5-3-2-4-12(13)15/h2-8,13H,9H2,1H3,(H2,18,20)(H,19,21). The molecule has 1 unspecified atom stereocenters. The summed E-state index contributed by atoms with van der Waals surface area (Å²) in [5.74, 6) is -0.186. The van der Waals surface area contributed by atoms with Gasteiger partial charge in [0.25, 0.3) is 0 Å². The predicted molar refractivity (Wildman–Crippen MR) is 83.0 cm³/mol. The van der Waals surface area contributed by atoms with Crippen LogP contribution >= 0.6 is 0 Å². The average Bonchev–Trinajstić information content (AvgIpc) is 2.93. The molecule has 22 heavy (non-hydrogen) atoms. The van der Waals surface area contributed by atoms with Gasteiger partial charge in [-0.05, 0) is 36.8 Å². The van der Waals surface area contributed by atoms with Crippen LogP contribution in [0.3, 0.4) is 0 Å². The van der Waals surface area contributed by atoms with Gasteiger partial charge in [-0.15, -0.1) is 0 Å². The number of nitrogens with one attached hydrogen (secondary N) is 1. The van der Waals surface area contributed by atoms with Gasteiger partial charge in [-0.2, -0.15) is 0 Å². The number of fused-ring (bicyclic) bond motifs is 1. The van der Waals surface area contributed by atoms with Crippen LogP contribution in [-0.2, 0) is 4.79 Å². The van der Waals surface area contributed by atoms with Gasteiger partial charge in [-0.1, -0.05) is 18.2 Å². The lowest BCUT2D eigenvalue weighted by atomic mass is 10.00. The molecule has 0 fully saturated rings. The zero-order valence-electron chi connectivity index (χ0n) is 12.1. The minimum atomic E-state index is -0.487. The number of carbonyl (C=O) groups is 2. The minimum absolute atomic E-state index is 0.125. The number of aryl methyl sites for hydroxylation is 1. The maximum absolute atomic E-state index is 12.5. The molecule has 5 heteroatoms. The molecule has 0 saturated heterocycles. The molecule has 0 aliphatic carbocycles.